The van der Waals surface area contributed by atoms with E-state index in [9.17, 15) is 19.4 Å². The van der Waals surface area contributed by atoms with E-state index in [4.69, 9.17) is 20.8 Å². The number of fused-ring (bicyclic) bond motifs is 1. The van der Waals surface area contributed by atoms with Crippen LogP contribution in [0.4, 0.5) is 4.39 Å². The molecule has 4 aromatic rings. The fraction of sp³-hybridized carbons (Fsp3) is 0.240. The number of nitrogens with zero attached hydrogens (tertiary/aromatic N) is 1. The Morgan fingerprint density at radius 3 is 2.55 bits per heavy atom. The van der Waals surface area contributed by atoms with Crippen molar-refractivity contribution in [3.63, 3.8) is 0 Å². The summed E-state index contributed by atoms with van der Waals surface area (Å²) in [6, 6.07) is 10.8. The average molecular weight is 472 g/mol. The molecule has 0 saturated heterocycles. The van der Waals surface area contributed by atoms with Crippen molar-refractivity contribution < 1.29 is 28.6 Å². The molecule has 4 rings (SSSR count). The molecule has 0 radical (unpaired) electrons. The van der Waals surface area contributed by atoms with Gasteiger partial charge < -0.3 is 23.9 Å². The van der Waals surface area contributed by atoms with Crippen LogP contribution in [0.5, 0.6) is 5.75 Å². The van der Waals surface area contributed by atoms with Crippen LogP contribution in [0.2, 0.25) is 5.02 Å². The van der Waals surface area contributed by atoms with E-state index in [0.717, 1.165) is 0 Å². The lowest BCUT2D eigenvalue weighted by Gasteiger charge is -2.28. The maximum atomic E-state index is 14.1. The van der Waals surface area contributed by atoms with Crippen LogP contribution in [0.3, 0.4) is 0 Å². The molecule has 0 saturated carbocycles. The van der Waals surface area contributed by atoms with Crippen molar-refractivity contribution in [1.82, 2.24) is 4.57 Å². The van der Waals surface area contributed by atoms with Gasteiger partial charge in [0.25, 0.3) is 0 Å². The number of aromatic hydroxyl groups is 1. The number of halogens is 2. The highest BCUT2D eigenvalue weighted by molar-refractivity contribution is 6.31. The zero-order valence-electron chi connectivity index (χ0n) is 18.6. The number of furan rings is 1. The highest BCUT2D eigenvalue weighted by Crippen LogP contribution is 2.47. The van der Waals surface area contributed by atoms with E-state index in [0.29, 0.717) is 45.0 Å². The topological polar surface area (TPSA) is 84.8 Å². The van der Waals surface area contributed by atoms with Crippen LogP contribution in [0.15, 0.2) is 46.9 Å². The first kappa shape index (κ1) is 22.9. The predicted octanol–water partition coefficient (Wildman–Crippen LogP) is 6.32. The molecule has 0 aliphatic heterocycles. The molecule has 33 heavy (non-hydrogen) atoms. The third kappa shape index (κ3) is 3.87. The van der Waals surface area contributed by atoms with Gasteiger partial charge in [-0.05, 0) is 55.0 Å². The largest absolute Gasteiger partial charge is 0.507 e. The van der Waals surface area contributed by atoms with Gasteiger partial charge in [-0.25, -0.2) is 9.18 Å². The molecule has 0 amide bonds. The highest BCUT2D eigenvalue weighted by atomic mass is 35.5. The van der Waals surface area contributed by atoms with Gasteiger partial charge in [-0.3, -0.25) is 0 Å². The van der Waals surface area contributed by atoms with E-state index < -0.39 is 11.4 Å². The van der Waals surface area contributed by atoms with E-state index in [2.05, 4.69) is 0 Å². The molecule has 0 fully saturated rings. The van der Waals surface area contributed by atoms with Crippen LogP contribution < -0.4 is 0 Å². The number of aryl methyl sites for hydroxylation is 1. The number of phenols is 1. The zero-order valence-corrected chi connectivity index (χ0v) is 19.3. The molecule has 2 aromatic carbocycles. The number of methoxy groups -OCH3 is 1. The molecule has 8 heteroatoms. The van der Waals surface area contributed by atoms with Crippen molar-refractivity contribution in [2.24, 2.45) is 0 Å². The number of aromatic carboxylic acids is 1. The molecule has 0 unspecified atom stereocenters. The van der Waals surface area contributed by atoms with E-state index in [-0.39, 0.29) is 23.1 Å². The lowest BCUT2D eigenvalue weighted by molar-refractivity contribution is 0.0663. The molecule has 2 N–H and O–H groups in total. The summed E-state index contributed by atoms with van der Waals surface area (Å²) in [7, 11) is 1.58. The molecule has 0 bridgehead atoms. The Kier molecular flexibility index (Phi) is 5.72. The van der Waals surface area contributed by atoms with Gasteiger partial charge in [0.2, 0.25) is 5.76 Å². The Morgan fingerprint density at radius 1 is 1.21 bits per heavy atom. The lowest BCUT2D eigenvalue weighted by Crippen LogP contribution is -2.27. The van der Waals surface area contributed by atoms with Gasteiger partial charge in [0.1, 0.15) is 17.3 Å². The van der Waals surface area contributed by atoms with Gasteiger partial charge in [0.15, 0.2) is 0 Å². The van der Waals surface area contributed by atoms with Crippen LogP contribution in [0.25, 0.3) is 27.9 Å². The summed E-state index contributed by atoms with van der Waals surface area (Å²) in [6.07, 6.45) is 0. The summed E-state index contributed by atoms with van der Waals surface area (Å²) in [6.45, 7) is 5.89. The van der Waals surface area contributed by atoms with Gasteiger partial charge >= 0.3 is 5.97 Å². The number of hydrogen-bond donors (Lipinski definition) is 2. The van der Waals surface area contributed by atoms with Gasteiger partial charge in [0.05, 0.1) is 23.1 Å². The number of aromatic nitrogens is 1. The van der Waals surface area contributed by atoms with Crippen molar-refractivity contribution in [1.29, 1.82) is 0 Å². The lowest BCUT2D eigenvalue weighted by atomic mass is 9.86. The summed E-state index contributed by atoms with van der Waals surface area (Å²) in [4.78, 5) is 11.5. The fourth-order valence-corrected chi connectivity index (χ4v) is 4.50. The maximum Gasteiger partial charge on any atom is 0.371 e. The van der Waals surface area contributed by atoms with Crippen molar-refractivity contribution in [2.45, 2.75) is 26.2 Å². The molecule has 0 atom stereocenters. The van der Waals surface area contributed by atoms with Gasteiger partial charge in [-0.1, -0.05) is 25.4 Å². The first-order valence-corrected chi connectivity index (χ1v) is 10.6. The highest BCUT2D eigenvalue weighted by Gasteiger charge is 2.34. The van der Waals surface area contributed by atoms with Gasteiger partial charge in [0, 0.05) is 28.9 Å². The fourth-order valence-electron chi connectivity index (χ4n) is 4.30. The van der Waals surface area contributed by atoms with Crippen molar-refractivity contribution in [3.8, 4) is 22.8 Å². The van der Waals surface area contributed by atoms with Crippen LogP contribution in [-0.4, -0.2) is 34.5 Å². The van der Waals surface area contributed by atoms with E-state index in [1.54, 1.807) is 38.3 Å². The zero-order chi connectivity index (χ0) is 24.1. The SMILES string of the molecule is COCC(C)(C)c1c(-c2ccc(C(=O)O)o2)c2c(O)cc(Cl)cc2n1-c1ccc(F)c(C)c1. The Hall–Kier alpha value is -3.29. The van der Waals surface area contributed by atoms with E-state index in [1.807, 2.05) is 18.4 Å². The summed E-state index contributed by atoms with van der Waals surface area (Å²) >= 11 is 6.31. The number of hydrogen-bond acceptors (Lipinski definition) is 4. The number of rotatable bonds is 6. The van der Waals surface area contributed by atoms with Gasteiger partial charge in [-0.2, -0.15) is 0 Å². The second kappa shape index (κ2) is 8.24. The smallest absolute Gasteiger partial charge is 0.371 e. The summed E-state index contributed by atoms with van der Waals surface area (Å²) in [5, 5.41) is 21.1. The van der Waals surface area contributed by atoms with Gasteiger partial charge in [-0.15, -0.1) is 0 Å². The minimum Gasteiger partial charge on any atom is -0.507 e. The number of carboxylic acids is 1. The summed E-state index contributed by atoms with van der Waals surface area (Å²) in [5.41, 5.74) is 2.22. The molecular weight excluding hydrogens is 449 g/mol. The van der Waals surface area contributed by atoms with Crippen LogP contribution in [-0.2, 0) is 10.2 Å². The number of carboxylic acid groups (broad SMARTS) is 1. The molecule has 2 heterocycles. The minimum atomic E-state index is -1.20. The average Bonchev–Trinajstić information content (AvgIpc) is 3.33. The number of carbonyl (C=O) groups is 1. The Morgan fingerprint density at radius 2 is 1.94 bits per heavy atom. The quantitative estimate of drug-likeness (QED) is 0.343. The standard InChI is InChI=1S/C25H23ClFNO5/c1-13-9-15(5-6-16(13)27)28-17-10-14(26)11-18(29)21(17)22(23(28)25(2,3)12-32-4)19-7-8-20(33-19)24(30)31/h5-11,29H,12H2,1-4H3,(H,30,31). The minimum absolute atomic E-state index is 0.0900. The third-order valence-corrected chi connectivity index (χ3v) is 5.84. The summed E-state index contributed by atoms with van der Waals surface area (Å²) < 4.78 is 27.1. The number of ether oxygens (including phenoxy) is 1. The molecule has 0 spiro atoms. The van der Waals surface area contributed by atoms with Crippen molar-refractivity contribution >= 4 is 28.5 Å². The van der Waals surface area contributed by atoms with Crippen LogP contribution in [0.1, 0.15) is 35.7 Å². The van der Waals surface area contributed by atoms with E-state index >= 15 is 0 Å². The number of phenolic OH excluding ortho intramolecular Hbond substituents is 1. The Bertz CT molecular complexity index is 1390. The molecule has 172 valence electrons. The third-order valence-electron chi connectivity index (χ3n) is 5.62. The normalized spacial score (nSPS) is 11.9. The van der Waals surface area contributed by atoms with Crippen molar-refractivity contribution in [2.75, 3.05) is 13.7 Å². The second-order valence-electron chi connectivity index (χ2n) is 8.60. The van der Waals surface area contributed by atoms with Crippen LogP contribution >= 0.6 is 11.6 Å². The first-order chi connectivity index (χ1) is 15.5. The maximum absolute atomic E-state index is 14.1. The molecular formula is C25H23ClFNO5. The Labute approximate surface area is 194 Å². The van der Waals surface area contributed by atoms with Crippen LogP contribution in [0, 0.1) is 12.7 Å². The molecule has 0 aliphatic carbocycles. The molecule has 0 aliphatic rings. The van der Waals surface area contributed by atoms with E-state index in [1.165, 1.54) is 18.2 Å². The predicted molar refractivity (Wildman–Crippen MR) is 124 cm³/mol. The van der Waals surface area contributed by atoms with Crippen molar-refractivity contribution in [3.05, 3.63) is 70.3 Å². The second-order valence-corrected chi connectivity index (χ2v) is 9.03. The molecule has 6 nitrogen and oxygen atoms in total. The Balaban J connectivity index is 2.21. The number of benzene rings is 2. The molecule has 2 aromatic heterocycles. The monoisotopic (exact) mass is 471 g/mol. The summed E-state index contributed by atoms with van der Waals surface area (Å²) in [5.74, 6) is -1.60. The first-order valence-electron chi connectivity index (χ1n) is 10.2.